The number of nitrogens with one attached hydrogen (secondary N) is 1. The fourth-order valence-corrected chi connectivity index (χ4v) is 3.51. The molecule has 1 aliphatic rings. The lowest BCUT2D eigenvalue weighted by molar-refractivity contribution is -0.110. The van der Waals surface area contributed by atoms with Crippen LogP contribution in [0.4, 0.5) is 10.1 Å². The molecule has 1 aliphatic heterocycles. The van der Waals surface area contributed by atoms with Gasteiger partial charge in [0.1, 0.15) is 18.4 Å². The molecule has 178 valence electrons. The average Bonchev–Trinajstić information content (AvgIpc) is 2.70. The molecule has 1 N–H and O–H groups in total. The van der Waals surface area contributed by atoms with Crippen molar-refractivity contribution in [1.29, 1.82) is 0 Å². The summed E-state index contributed by atoms with van der Waals surface area (Å²) in [6.07, 6.45) is 5.67. The van der Waals surface area contributed by atoms with Crippen LogP contribution in [0.25, 0.3) is 0 Å². The third kappa shape index (κ3) is 10.4. The first-order valence-corrected chi connectivity index (χ1v) is 11.7. The van der Waals surface area contributed by atoms with Crippen molar-refractivity contribution in [2.24, 2.45) is 0 Å². The summed E-state index contributed by atoms with van der Waals surface area (Å²) in [5, 5.41) is 2.75. The predicted molar refractivity (Wildman–Crippen MR) is 130 cm³/mol. The van der Waals surface area contributed by atoms with Crippen LogP contribution in [0, 0.1) is 5.82 Å². The molecule has 0 bridgehead atoms. The molecule has 0 aromatic heterocycles. The van der Waals surface area contributed by atoms with Gasteiger partial charge >= 0.3 is 0 Å². The predicted octanol–water partition coefficient (Wildman–Crippen LogP) is 4.65. The number of benzene rings is 1. The van der Waals surface area contributed by atoms with Crippen LogP contribution in [-0.4, -0.2) is 63.8 Å². The summed E-state index contributed by atoms with van der Waals surface area (Å²) in [6.45, 7) is 12.7. The molecular weight excluding hydrogens is 393 g/mol. The van der Waals surface area contributed by atoms with E-state index < -0.39 is 5.92 Å². The number of rotatable bonds is 11. The van der Waals surface area contributed by atoms with Gasteiger partial charge in [-0.2, -0.15) is 0 Å². The lowest BCUT2D eigenvalue weighted by Crippen LogP contribution is -2.59. The zero-order chi connectivity index (χ0) is 23.6. The summed E-state index contributed by atoms with van der Waals surface area (Å²) >= 11 is 0. The maximum atomic E-state index is 14.4. The van der Waals surface area contributed by atoms with Crippen LogP contribution in [-0.2, 0) is 9.59 Å². The molecule has 1 unspecified atom stereocenters. The molecule has 0 aliphatic carbocycles. The van der Waals surface area contributed by atoms with E-state index in [0.29, 0.717) is 18.0 Å². The van der Waals surface area contributed by atoms with Crippen molar-refractivity contribution in [3.05, 3.63) is 29.6 Å². The number of carbonyl (C=O) groups is 2. The molecule has 0 radical (unpaired) electrons. The van der Waals surface area contributed by atoms with Crippen molar-refractivity contribution in [3.63, 3.8) is 0 Å². The Kier molecular flexibility index (Phi) is 16.8. The van der Waals surface area contributed by atoms with Gasteiger partial charge in [-0.15, -0.1) is 0 Å². The molecule has 6 heteroatoms. The highest BCUT2D eigenvalue weighted by Gasteiger charge is 2.31. The first-order valence-electron chi connectivity index (χ1n) is 11.7. The van der Waals surface area contributed by atoms with Gasteiger partial charge in [-0.3, -0.25) is 4.90 Å². The highest BCUT2D eigenvalue weighted by atomic mass is 19.1. The normalized spacial score (nSPS) is 14.0. The van der Waals surface area contributed by atoms with E-state index in [0.717, 1.165) is 57.3 Å². The Bertz CT molecular complexity index is 598. The van der Waals surface area contributed by atoms with Gasteiger partial charge < -0.3 is 19.8 Å². The maximum Gasteiger partial charge on any atom is 0.129 e. The molecule has 0 amide bonds. The van der Waals surface area contributed by atoms with Gasteiger partial charge in [0, 0.05) is 37.2 Å². The first-order chi connectivity index (χ1) is 15.0. The van der Waals surface area contributed by atoms with Gasteiger partial charge in [0.2, 0.25) is 0 Å². The minimum Gasteiger partial charge on any atom is -0.368 e. The molecule has 5 nitrogen and oxygen atoms in total. The van der Waals surface area contributed by atoms with E-state index in [1.165, 1.54) is 12.5 Å². The molecule has 0 saturated carbocycles. The van der Waals surface area contributed by atoms with Crippen molar-refractivity contribution < 1.29 is 14.0 Å². The van der Waals surface area contributed by atoms with E-state index >= 15 is 0 Å². The van der Waals surface area contributed by atoms with Gasteiger partial charge in [-0.1, -0.05) is 40.2 Å². The quantitative estimate of drug-likeness (QED) is 0.511. The van der Waals surface area contributed by atoms with Crippen LogP contribution in [0.2, 0.25) is 0 Å². The number of hydrogen-bond acceptors (Lipinski definition) is 5. The Morgan fingerprint density at radius 3 is 2.10 bits per heavy atom. The fraction of sp³-hybridized carbons (Fsp3) is 0.680. The lowest BCUT2D eigenvalue weighted by Gasteiger charge is -2.47. The molecule has 1 fully saturated rings. The van der Waals surface area contributed by atoms with Crippen LogP contribution in [0.5, 0.6) is 0 Å². The molecule has 1 aromatic rings. The molecule has 1 heterocycles. The molecule has 1 aromatic carbocycles. The third-order valence-electron chi connectivity index (χ3n) is 4.91. The number of nitrogens with zero attached hydrogens (tertiary/aromatic N) is 2. The Labute approximate surface area is 189 Å². The van der Waals surface area contributed by atoms with Crippen LogP contribution in [0.15, 0.2) is 18.2 Å². The van der Waals surface area contributed by atoms with E-state index in [4.69, 9.17) is 0 Å². The summed E-state index contributed by atoms with van der Waals surface area (Å²) in [4.78, 5) is 26.4. The maximum absolute atomic E-state index is 14.4. The smallest absolute Gasteiger partial charge is 0.129 e. The Hall–Kier alpha value is -1.79. The lowest BCUT2D eigenvalue weighted by atomic mass is 9.94. The Morgan fingerprint density at radius 2 is 1.68 bits per heavy atom. The standard InChI is InChI=1S/C20H29FN2O2.C3H8.C2H7N/c1-3-9-22(10-4-2)18-13-23(14-18)17-7-8-19(20(21)12-17)16(15-25)6-5-11-24;2*1-3-2/h7-8,11-12,15-16,18H,3-6,9-10,13-14H2,1-2H3;3H2,1-2H3;3H,1-2H3. The highest BCUT2D eigenvalue weighted by molar-refractivity contribution is 5.65. The van der Waals surface area contributed by atoms with E-state index in [1.54, 1.807) is 6.07 Å². The number of anilines is 1. The monoisotopic (exact) mass is 437 g/mol. The third-order valence-corrected chi connectivity index (χ3v) is 4.91. The van der Waals surface area contributed by atoms with E-state index in [2.05, 4.69) is 42.8 Å². The van der Waals surface area contributed by atoms with Crippen LogP contribution < -0.4 is 10.2 Å². The van der Waals surface area contributed by atoms with Crippen LogP contribution in [0.3, 0.4) is 0 Å². The molecule has 2 rings (SSSR count). The number of carbonyl (C=O) groups excluding carboxylic acids is 2. The number of hydrogen-bond donors (Lipinski definition) is 1. The molecule has 31 heavy (non-hydrogen) atoms. The summed E-state index contributed by atoms with van der Waals surface area (Å²) < 4.78 is 14.4. The van der Waals surface area contributed by atoms with E-state index in [-0.39, 0.29) is 12.2 Å². The Balaban J connectivity index is 0.00000134. The first kappa shape index (κ1) is 29.2. The van der Waals surface area contributed by atoms with Crippen LogP contribution >= 0.6 is 0 Å². The molecule has 0 spiro atoms. The molecule has 1 saturated heterocycles. The van der Waals surface area contributed by atoms with Crippen molar-refractivity contribution in [3.8, 4) is 0 Å². The molecule has 1 atom stereocenters. The zero-order valence-electron chi connectivity index (χ0n) is 20.5. The van der Waals surface area contributed by atoms with Crippen molar-refractivity contribution >= 4 is 18.3 Å². The highest BCUT2D eigenvalue weighted by Crippen LogP contribution is 2.29. The topological polar surface area (TPSA) is 52.7 Å². The number of aldehydes is 2. The van der Waals surface area contributed by atoms with Crippen molar-refractivity contribution in [2.75, 3.05) is 45.2 Å². The number of halogens is 1. The van der Waals surface area contributed by atoms with Gasteiger partial charge in [-0.25, -0.2) is 4.39 Å². The fourth-order valence-electron chi connectivity index (χ4n) is 3.51. The van der Waals surface area contributed by atoms with E-state index in [1.807, 2.05) is 20.2 Å². The minimum atomic E-state index is -0.548. The van der Waals surface area contributed by atoms with Crippen molar-refractivity contribution in [2.45, 2.75) is 71.8 Å². The molecular formula is C25H44FN3O2. The van der Waals surface area contributed by atoms with Gasteiger partial charge in [0.15, 0.2) is 0 Å². The van der Waals surface area contributed by atoms with Crippen molar-refractivity contribution in [1.82, 2.24) is 10.2 Å². The van der Waals surface area contributed by atoms with Gasteiger partial charge in [-0.05, 0) is 64.1 Å². The zero-order valence-corrected chi connectivity index (χ0v) is 20.5. The van der Waals surface area contributed by atoms with Gasteiger partial charge in [0.05, 0.1) is 0 Å². The average molecular weight is 438 g/mol. The van der Waals surface area contributed by atoms with Crippen LogP contribution in [0.1, 0.15) is 71.3 Å². The summed E-state index contributed by atoms with van der Waals surface area (Å²) in [5.74, 6) is -0.907. The summed E-state index contributed by atoms with van der Waals surface area (Å²) in [7, 11) is 3.75. The second-order valence-corrected chi connectivity index (χ2v) is 7.99. The summed E-state index contributed by atoms with van der Waals surface area (Å²) in [6, 6.07) is 5.64. The second-order valence-electron chi connectivity index (χ2n) is 7.99. The second kappa shape index (κ2) is 17.8. The largest absolute Gasteiger partial charge is 0.368 e. The Morgan fingerprint density at radius 1 is 1.13 bits per heavy atom. The van der Waals surface area contributed by atoms with Gasteiger partial charge in [0.25, 0.3) is 0 Å². The van der Waals surface area contributed by atoms with E-state index in [9.17, 15) is 14.0 Å². The minimum absolute atomic E-state index is 0.267. The SMILES string of the molecule is CCC.CCCN(CCC)C1CN(c2ccc(C(C=O)CCC=O)c(F)c2)C1.CNC. The summed E-state index contributed by atoms with van der Waals surface area (Å²) in [5.41, 5.74) is 1.25.